The third kappa shape index (κ3) is 10.3. The molecule has 0 aromatic rings. The molecule has 2 N–H and O–H groups in total. The number of hydrogen-bond donors (Lipinski definition) is 2. The van der Waals surface area contributed by atoms with E-state index in [2.05, 4.69) is 17.0 Å². The Morgan fingerprint density at radius 2 is 1.54 bits per heavy atom. The van der Waals surface area contributed by atoms with Gasteiger partial charge in [-0.15, -0.1) is 0 Å². The molecule has 0 aromatic carbocycles. The lowest BCUT2D eigenvalue weighted by atomic mass is 10.1. The van der Waals surface area contributed by atoms with E-state index in [9.17, 15) is 13.2 Å². The van der Waals surface area contributed by atoms with E-state index in [1.807, 2.05) is 0 Å². The van der Waals surface area contributed by atoms with Crippen LogP contribution in [0.4, 0.5) is 0 Å². The Hall–Kier alpha value is -0.620. The molecule has 1 aliphatic rings. The van der Waals surface area contributed by atoms with Crippen molar-refractivity contribution in [3.05, 3.63) is 0 Å². The Morgan fingerprint density at radius 3 is 2.17 bits per heavy atom. The summed E-state index contributed by atoms with van der Waals surface area (Å²) >= 11 is 0. The van der Waals surface area contributed by atoms with E-state index in [4.69, 9.17) is 0 Å². The van der Waals surface area contributed by atoms with Gasteiger partial charge in [0.15, 0.2) is 0 Å². The quantitative estimate of drug-likeness (QED) is 0.494. The summed E-state index contributed by atoms with van der Waals surface area (Å²) in [4.78, 5) is 11.8. The van der Waals surface area contributed by atoms with Gasteiger partial charge in [-0.05, 0) is 25.7 Å². The van der Waals surface area contributed by atoms with Gasteiger partial charge in [-0.3, -0.25) is 4.79 Å². The van der Waals surface area contributed by atoms with Crippen molar-refractivity contribution in [1.82, 2.24) is 10.0 Å². The van der Waals surface area contributed by atoms with Gasteiger partial charge in [0.1, 0.15) is 6.04 Å². The molecule has 1 fully saturated rings. The van der Waals surface area contributed by atoms with Gasteiger partial charge in [0.05, 0.1) is 5.75 Å². The highest BCUT2D eigenvalue weighted by Gasteiger charge is 2.25. The first-order valence-electron chi connectivity index (χ1n) is 9.83. The fourth-order valence-corrected chi connectivity index (χ4v) is 4.47. The fourth-order valence-electron chi connectivity index (χ4n) is 3.11. The molecule has 0 aromatic heterocycles. The minimum Gasteiger partial charge on any atom is -0.355 e. The summed E-state index contributed by atoms with van der Waals surface area (Å²) in [6.45, 7) is 2.88. The van der Waals surface area contributed by atoms with Crippen LogP contribution in [0.1, 0.15) is 90.4 Å². The number of amides is 1. The number of sulfonamides is 1. The van der Waals surface area contributed by atoms with Crippen LogP contribution in [0, 0.1) is 0 Å². The van der Waals surface area contributed by atoms with E-state index < -0.39 is 16.1 Å². The van der Waals surface area contributed by atoms with Crippen LogP contribution in [0.3, 0.4) is 0 Å². The summed E-state index contributed by atoms with van der Waals surface area (Å²) in [6.07, 6.45) is 14.2. The van der Waals surface area contributed by atoms with Gasteiger partial charge in [-0.25, -0.2) is 13.1 Å². The molecule has 24 heavy (non-hydrogen) atoms. The van der Waals surface area contributed by atoms with Crippen molar-refractivity contribution in [1.29, 1.82) is 0 Å². The molecule has 1 saturated heterocycles. The maximum Gasteiger partial charge on any atom is 0.238 e. The van der Waals surface area contributed by atoms with E-state index >= 15 is 0 Å². The summed E-state index contributed by atoms with van der Waals surface area (Å²) in [5.74, 6) is -0.0491. The monoisotopic (exact) mass is 360 g/mol. The van der Waals surface area contributed by atoms with Crippen molar-refractivity contribution in [3.63, 3.8) is 0 Å². The molecule has 0 bridgehead atoms. The van der Waals surface area contributed by atoms with E-state index in [-0.39, 0.29) is 11.7 Å². The predicted molar refractivity (Wildman–Crippen MR) is 99.4 cm³/mol. The van der Waals surface area contributed by atoms with Gasteiger partial charge in [0.25, 0.3) is 0 Å². The first-order chi connectivity index (χ1) is 11.5. The highest BCUT2D eigenvalue weighted by Crippen LogP contribution is 2.11. The van der Waals surface area contributed by atoms with Gasteiger partial charge in [-0.2, -0.15) is 0 Å². The van der Waals surface area contributed by atoms with Gasteiger partial charge in [-0.1, -0.05) is 64.7 Å². The van der Waals surface area contributed by atoms with Crippen molar-refractivity contribution in [2.45, 2.75) is 96.4 Å². The molecule has 5 nitrogen and oxygen atoms in total. The van der Waals surface area contributed by atoms with Crippen LogP contribution in [-0.4, -0.2) is 32.7 Å². The first-order valence-corrected chi connectivity index (χ1v) is 11.5. The van der Waals surface area contributed by atoms with Gasteiger partial charge in [0, 0.05) is 6.54 Å². The first kappa shape index (κ1) is 21.4. The zero-order valence-electron chi connectivity index (χ0n) is 15.3. The molecule has 142 valence electrons. The predicted octanol–water partition coefficient (Wildman–Crippen LogP) is 3.50. The third-order valence-corrected chi connectivity index (χ3v) is 6.09. The highest BCUT2D eigenvalue weighted by atomic mass is 32.2. The average molecular weight is 361 g/mol. The molecule has 6 heteroatoms. The molecule has 0 spiro atoms. The Kier molecular flexibility index (Phi) is 11.3. The molecule has 1 aliphatic heterocycles. The summed E-state index contributed by atoms with van der Waals surface area (Å²) in [5, 5.41) is 2.76. The summed E-state index contributed by atoms with van der Waals surface area (Å²) in [6, 6.07) is -0.583. The normalized spacial score (nSPS) is 19.0. The lowest BCUT2D eigenvalue weighted by Gasteiger charge is -2.15. The second-order valence-corrected chi connectivity index (χ2v) is 8.83. The molecule has 0 radical (unpaired) electrons. The van der Waals surface area contributed by atoms with Gasteiger partial charge < -0.3 is 5.32 Å². The van der Waals surface area contributed by atoms with Gasteiger partial charge in [0.2, 0.25) is 15.9 Å². The number of unbranched alkanes of at least 4 members (excludes halogenated alkanes) is 9. The zero-order chi connectivity index (χ0) is 17.7. The second-order valence-electron chi connectivity index (χ2n) is 6.96. The van der Waals surface area contributed by atoms with E-state index in [1.54, 1.807) is 0 Å². The van der Waals surface area contributed by atoms with E-state index in [0.717, 1.165) is 25.7 Å². The SMILES string of the molecule is CCCCCCCCCCCCS(=O)(=O)N[C@H]1CCCCNC1=O. The maximum atomic E-state index is 12.1. The number of carbonyl (C=O) groups excluding carboxylic acids is 1. The lowest BCUT2D eigenvalue weighted by molar-refractivity contribution is -0.122. The third-order valence-electron chi connectivity index (χ3n) is 4.62. The number of rotatable bonds is 13. The van der Waals surface area contributed by atoms with Crippen LogP contribution in [0.5, 0.6) is 0 Å². The smallest absolute Gasteiger partial charge is 0.238 e. The topological polar surface area (TPSA) is 75.3 Å². The molecule has 1 heterocycles. The molecule has 0 saturated carbocycles. The highest BCUT2D eigenvalue weighted by molar-refractivity contribution is 7.89. The van der Waals surface area contributed by atoms with Crippen LogP contribution in [0.2, 0.25) is 0 Å². The Labute approximate surface area is 148 Å². The van der Waals surface area contributed by atoms with Crippen LogP contribution in [0.25, 0.3) is 0 Å². The van der Waals surface area contributed by atoms with Crippen molar-refractivity contribution >= 4 is 15.9 Å². The van der Waals surface area contributed by atoms with Crippen molar-refractivity contribution in [2.24, 2.45) is 0 Å². The molecule has 1 rings (SSSR count). The molecular weight excluding hydrogens is 324 g/mol. The lowest BCUT2D eigenvalue weighted by Crippen LogP contribution is -2.46. The Bertz CT molecular complexity index is 438. The van der Waals surface area contributed by atoms with Crippen LogP contribution in [0.15, 0.2) is 0 Å². The number of nitrogens with one attached hydrogen (secondary N) is 2. The molecule has 1 atom stereocenters. The van der Waals surface area contributed by atoms with Crippen molar-refractivity contribution in [3.8, 4) is 0 Å². The van der Waals surface area contributed by atoms with Crippen molar-refractivity contribution in [2.75, 3.05) is 12.3 Å². The van der Waals surface area contributed by atoms with Crippen LogP contribution >= 0.6 is 0 Å². The number of carbonyl (C=O) groups is 1. The van der Waals surface area contributed by atoms with E-state index in [1.165, 1.54) is 44.9 Å². The fraction of sp³-hybridized carbons (Fsp3) is 0.944. The van der Waals surface area contributed by atoms with Crippen molar-refractivity contribution < 1.29 is 13.2 Å². The second kappa shape index (κ2) is 12.7. The summed E-state index contributed by atoms with van der Waals surface area (Å²) in [5.41, 5.74) is 0. The zero-order valence-corrected chi connectivity index (χ0v) is 16.1. The van der Waals surface area contributed by atoms with Crippen LogP contribution in [-0.2, 0) is 14.8 Å². The standard InChI is InChI=1S/C18H36N2O3S/c1-2-3-4-5-6-7-8-9-10-13-16-24(22,23)20-17-14-11-12-15-19-18(17)21/h17,20H,2-16H2,1H3,(H,19,21)/t17-/m0/s1. The molecular formula is C18H36N2O3S. The maximum absolute atomic E-state index is 12.1. The van der Waals surface area contributed by atoms with E-state index in [0.29, 0.717) is 19.4 Å². The summed E-state index contributed by atoms with van der Waals surface area (Å²) in [7, 11) is -3.35. The largest absolute Gasteiger partial charge is 0.355 e. The average Bonchev–Trinajstić information content (AvgIpc) is 2.74. The van der Waals surface area contributed by atoms with Gasteiger partial charge >= 0.3 is 0 Å². The molecule has 0 aliphatic carbocycles. The minimum absolute atomic E-state index is 0.132. The Balaban J connectivity index is 2.07. The molecule has 0 unspecified atom stereocenters. The molecule has 1 amide bonds. The number of hydrogen-bond acceptors (Lipinski definition) is 3. The summed E-state index contributed by atoms with van der Waals surface area (Å²) < 4.78 is 26.8. The van der Waals surface area contributed by atoms with Crippen LogP contribution < -0.4 is 10.0 Å². The Morgan fingerprint density at radius 1 is 0.958 bits per heavy atom. The minimum atomic E-state index is -3.35.